The van der Waals surface area contributed by atoms with Gasteiger partial charge < -0.3 is 23.1 Å². The molecule has 0 radical (unpaired) electrons. The van der Waals surface area contributed by atoms with Crippen LogP contribution in [0.4, 0.5) is 0 Å². The first-order chi connectivity index (χ1) is 8.64. The lowest BCUT2D eigenvalue weighted by molar-refractivity contribution is 0.0358. The van der Waals surface area contributed by atoms with Crippen molar-refractivity contribution in [2.24, 2.45) is 0 Å². The zero-order chi connectivity index (χ0) is 15.2. The maximum absolute atomic E-state index is 10.8. The van der Waals surface area contributed by atoms with Gasteiger partial charge in [0.15, 0.2) is 0 Å². The van der Waals surface area contributed by atoms with Gasteiger partial charge in [-0.1, -0.05) is 13.8 Å². The van der Waals surface area contributed by atoms with Crippen LogP contribution in [0.3, 0.4) is 0 Å². The molecule has 0 rings (SSSR count). The Morgan fingerprint density at radius 2 is 1.37 bits per heavy atom. The van der Waals surface area contributed by atoms with Gasteiger partial charge in [-0.3, -0.25) is 4.52 Å². The van der Waals surface area contributed by atoms with Crippen LogP contribution in [-0.2, 0) is 22.4 Å². The lowest BCUT2D eigenvalue weighted by atomic mass is 10.2. The first-order valence-electron chi connectivity index (χ1n) is 6.26. The fourth-order valence-corrected chi connectivity index (χ4v) is 5.04. The number of phosphoric acid groups is 1. The molecule has 2 N–H and O–H groups in total. The van der Waals surface area contributed by atoms with Crippen LogP contribution < -0.4 is 0 Å². The number of hydrogen-bond acceptors (Lipinski definition) is 5. The van der Waals surface area contributed by atoms with Crippen molar-refractivity contribution in [1.29, 1.82) is 0 Å². The molecule has 0 aromatic rings. The van der Waals surface area contributed by atoms with Crippen molar-refractivity contribution in [3.63, 3.8) is 0 Å². The summed E-state index contributed by atoms with van der Waals surface area (Å²) >= 11 is 0. The minimum Gasteiger partial charge on any atom is -0.373 e. The van der Waals surface area contributed by atoms with Gasteiger partial charge >= 0.3 is 16.6 Å². The van der Waals surface area contributed by atoms with Gasteiger partial charge in [-0.05, 0) is 20.8 Å². The molecule has 0 aliphatic heterocycles. The minimum atomic E-state index is -4.53. The molecule has 0 spiro atoms. The molecule has 0 saturated heterocycles. The Morgan fingerprint density at radius 1 is 1.00 bits per heavy atom. The van der Waals surface area contributed by atoms with Crippen molar-refractivity contribution in [1.82, 2.24) is 0 Å². The van der Waals surface area contributed by atoms with Gasteiger partial charge in [0.1, 0.15) is 0 Å². The Balaban J connectivity index is 5.11. The highest BCUT2D eigenvalue weighted by Crippen LogP contribution is 2.45. The van der Waals surface area contributed by atoms with Crippen LogP contribution in [0.1, 0.15) is 34.6 Å². The van der Waals surface area contributed by atoms with Crippen LogP contribution in [0.25, 0.3) is 0 Å². The van der Waals surface area contributed by atoms with Gasteiger partial charge in [0, 0.05) is 19.8 Å². The van der Waals surface area contributed by atoms with Crippen LogP contribution in [0.2, 0.25) is 5.04 Å². The molecule has 0 unspecified atom stereocenters. The van der Waals surface area contributed by atoms with Crippen LogP contribution in [-0.4, -0.2) is 45.0 Å². The van der Waals surface area contributed by atoms with Crippen LogP contribution in [0.15, 0.2) is 0 Å². The largest absolute Gasteiger partial charge is 0.509 e. The van der Waals surface area contributed by atoms with Gasteiger partial charge in [-0.25, -0.2) is 4.57 Å². The Kier molecular flexibility index (Phi) is 7.93. The van der Waals surface area contributed by atoms with Crippen molar-refractivity contribution in [2.45, 2.75) is 39.7 Å². The second-order valence-electron chi connectivity index (χ2n) is 4.50. The molecule has 0 aliphatic rings. The molecule has 0 aromatic heterocycles. The van der Waals surface area contributed by atoms with Crippen molar-refractivity contribution >= 4 is 16.6 Å². The van der Waals surface area contributed by atoms with E-state index in [4.69, 9.17) is 23.1 Å². The van der Waals surface area contributed by atoms with Gasteiger partial charge in [0.05, 0.1) is 11.6 Å². The van der Waals surface area contributed by atoms with Crippen LogP contribution in [0, 0.1) is 0 Å². The second-order valence-corrected chi connectivity index (χ2v) is 9.07. The molecule has 0 saturated carbocycles. The predicted molar refractivity (Wildman–Crippen MR) is 72.7 cm³/mol. The molecule has 0 amide bonds. The third kappa shape index (κ3) is 6.01. The van der Waals surface area contributed by atoms with E-state index in [9.17, 15) is 4.57 Å². The Labute approximate surface area is 115 Å². The zero-order valence-electron chi connectivity index (χ0n) is 12.2. The van der Waals surface area contributed by atoms with E-state index in [0.29, 0.717) is 19.8 Å². The molecule has 0 aliphatic carbocycles. The van der Waals surface area contributed by atoms with E-state index in [-0.39, 0.29) is 6.61 Å². The summed E-state index contributed by atoms with van der Waals surface area (Å²) in [5.41, 5.74) is 0. The maximum atomic E-state index is 10.8. The normalized spacial score (nSPS) is 13.8. The van der Waals surface area contributed by atoms with Crippen LogP contribution >= 0.6 is 7.82 Å². The molecule has 0 atom stereocenters. The lowest BCUT2D eigenvalue weighted by Gasteiger charge is -2.40. The third-order valence-corrected chi connectivity index (χ3v) is 6.70. The summed E-state index contributed by atoms with van der Waals surface area (Å²) in [4.78, 5) is 17.6. The van der Waals surface area contributed by atoms with E-state index >= 15 is 0 Å². The Hall–Kier alpha value is 0.207. The summed E-state index contributed by atoms with van der Waals surface area (Å²) in [5.74, 6) is 0. The molecular formula is C10H25O7PSi. The van der Waals surface area contributed by atoms with Gasteiger partial charge in [-0.15, -0.1) is 0 Å². The summed E-state index contributed by atoms with van der Waals surface area (Å²) in [6, 6.07) is 0. The molecular weight excluding hydrogens is 291 g/mol. The highest BCUT2D eigenvalue weighted by Gasteiger charge is 2.56. The summed E-state index contributed by atoms with van der Waals surface area (Å²) in [7, 11) is -7.62. The SMILES string of the molecule is CCO[Si](OCC)(OCC)C(C)(C)COP(=O)(O)O. The number of rotatable bonds is 10. The average molecular weight is 316 g/mol. The number of phosphoric ester groups is 1. The van der Waals surface area contributed by atoms with Gasteiger partial charge in [-0.2, -0.15) is 0 Å². The van der Waals surface area contributed by atoms with Gasteiger partial charge in [0.2, 0.25) is 0 Å². The van der Waals surface area contributed by atoms with Crippen molar-refractivity contribution in [3.8, 4) is 0 Å². The van der Waals surface area contributed by atoms with Crippen molar-refractivity contribution in [2.75, 3.05) is 26.4 Å². The molecule has 0 heterocycles. The first kappa shape index (κ1) is 19.2. The monoisotopic (exact) mass is 316 g/mol. The minimum absolute atomic E-state index is 0.205. The molecule has 7 nitrogen and oxygen atoms in total. The summed E-state index contributed by atoms with van der Waals surface area (Å²) < 4.78 is 32.6. The molecule has 9 heteroatoms. The predicted octanol–water partition coefficient (Wildman–Crippen LogP) is 1.92. The molecule has 0 bridgehead atoms. The molecule has 0 aromatic carbocycles. The highest BCUT2D eigenvalue weighted by molar-refractivity contribution is 7.46. The van der Waals surface area contributed by atoms with E-state index in [1.54, 1.807) is 13.8 Å². The van der Waals surface area contributed by atoms with Gasteiger partial charge in [0.25, 0.3) is 0 Å². The lowest BCUT2D eigenvalue weighted by Crippen LogP contribution is -2.56. The van der Waals surface area contributed by atoms with E-state index in [2.05, 4.69) is 4.52 Å². The zero-order valence-corrected chi connectivity index (χ0v) is 14.1. The van der Waals surface area contributed by atoms with E-state index in [0.717, 1.165) is 0 Å². The topological polar surface area (TPSA) is 94.5 Å². The summed E-state index contributed by atoms with van der Waals surface area (Å²) in [6.45, 7) is 9.96. The smallest absolute Gasteiger partial charge is 0.373 e. The van der Waals surface area contributed by atoms with Crippen LogP contribution in [0.5, 0.6) is 0 Å². The first-order valence-corrected chi connectivity index (χ1v) is 9.51. The number of hydrogen-bond donors (Lipinski definition) is 2. The Bertz CT molecular complexity index is 287. The quantitative estimate of drug-likeness (QED) is 0.469. The summed E-state index contributed by atoms with van der Waals surface area (Å²) in [5, 5.41) is -0.768. The second kappa shape index (κ2) is 7.85. The average Bonchev–Trinajstić information content (AvgIpc) is 2.26. The van der Waals surface area contributed by atoms with Crippen molar-refractivity contribution in [3.05, 3.63) is 0 Å². The maximum Gasteiger partial charge on any atom is 0.509 e. The third-order valence-electron chi connectivity index (χ3n) is 2.43. The standard InChI is InChI=1S/C10H25O7PSi/c1-6-15-19(16-7-2,17-8-3)10(4,5)9-14-18(11,12)13/h6-9H2,1-5H3,(H2,11,12,13). The molecule has 19 heavy (non-hydrogen) atoms. The summed E-state index contributed by atoms with van der Waals surface area (Å²) in [6.07, 6.45) is 0. The van der Waals surface area contributed by atoms with E-state index < -0.39 is 21.7 Å². The highest BCUT2D eigenvalue weighted by atomic mass is 31.2. The molecule has 0 fully saturated rings. The Morgan fingerprint density at radius 3 is 1.63 bits per heavy atom. The fourth-order valence-electron chi connectivity index (χ4n) is 1.62. The fraction of sp³-hybridized carbons (Fsp3) is 1.00. The van der Waals surface area contributed by atoms with Crippen molar-refractivity contribution < 1.29 is 32.2 Å². The van der Waals surface area contributed by atoms with E-state index in [1.807, 2.05) is 20.8 Å². The van der Waals surface area contributed by atoms with E-state index in [1.165, 1.54) is 0 Å². The molecule has 116 valence electrons.